The van der Waals surface area contributed by atoms with Gasteiger partial charge in [-0.05, 0) is 17.7 Å². The Hall–Kier alpha value is -2.24. The largest absolute Gasteiger partial charge is 0.493 e. The average molecular weight is 236 g/mol. The molecular weight excluding hydrogens is 224 g/mol. The van der Waals surface area contributed by atoms with Crippen molar-refractivity contribution in [2.45, 2.75) is 6.04 Å². The predicted molar refractivity (Wildman–Crippen MR) is 59.0 cm³/mol. The van der Waals surface area contributed by atoms with Gasteiger partial charge < -0.3 is 14.8 Å². The van der Waals surface area contributed by atoms with Crippen molar-refractivity contribution in [1.29, 1.82) is 0 Å². The molecule has 1 heterocycles. The van der Waals surface area contributed by atoms with Gasteiger partial charge in [-0.25, -0.2) is 4.79 Å². The minimum absolute atomic E-state index is 0.373. The molecule has 90 valence electrons. The van der Waals surface area contributed by atoms with Gasteiger partial charge in [0, 0.05) is 0 Å². The van der Waals surface area contributed by atoms with Crippen molar-refractivity contribution >= 4 is 11.9 Å². The lowest BCUT2D eigenvalue weighted by molar-refractivity contribution is -0.120. The van der Waals surface area contributed by atoms with Crippen LogP contribution in [0.5, 0.6) is 11.5 Å². The van der Waals surface area contributed by atoms with Crippen LogP contribution >= 0.6 is 0 Å². The van der Waals surface area contributed by atoms with Gasteiger partial charge in [0.15, 0.2) is 11.5 Å². The number of amides is 3. The molecule has 0 aliphatic carbocycles. The number of carbonyl (C=O) groups is 2. The number of imide groups is 1. The minimum Gasteiger partial charge on any atom is -0.493 e. The molecule has 1 fully saturated rings. The summed E-state index contributed by atoms with van der Waals surface area (Å²) in [7, 11) is 3.04. The van der Waals surface area contributed by atoms with E-state index in [0.29, 0.717) is 17.1 Å². The van der Waals surface area contributed by atoms with Crippen LogP contribution in [-0.2, 0) is 4.79 Å². The molecule has 1 saturated heterocycles. The number of hydrogen-bond acceptors (Lipinski definition) is 4. The van der Waals surface area contributed by atoms with Gasteiger partial charge in [-0.3, -0.25) is 10.1 Å². The normalized spacial score (nSPS) is 18.6. The van der Waals surface area contributed by atoms with Gasteiger partial charge in [0.25, 0.3) is 5.91 Å². The first-order chi connectivity index (χ1) is 8.15. The summed E-state index contributed by atoms with van der Waals surface area (Å²) in [6.07, 6.45) is 0. The van der Waals surface area contributed by atoms with E-state index >= 15 is 0 Å². The third-order valence-electron chi connectivity index (χ3n) is 2.52. The Morgan fingerprint density at radius 1 is 1.12 bits per heavy atom. The summed E-state index contributed by atoms with van der Waals surface area (Å²) in [6, 6.07) is 3.88. The molecule has 6 heteroatoms. The summed E-state index contributed by atoms with van der Waals surface area (Å²) in [6.45, 7) is 0. The maximum Gasteiger partial charge on any atom is 0.322 e. The van der Waals surface area contributed by atoms with Crippen LogP contribution in [0.2, 0.25) is 0 Å². The molecule has 0 saturated carbocycles. The quantitative estimate of drug-likeness (QED) is 0.753. The standard InChI is InChI=1S/C11H12N2O4/c1-16-7-4-3-6(5-8(7)17-2)9-10(14)13-11(15)12-9/h3-5,9H,1-2H3,(H2,12,13,14,15). The third kappa shape index (κ3) is 2.01. The maximum atomic E-state index is 11.5. The molecule has 1 aromatic carbocycles. The highest BCUT2D eigenvalue weighted by Gasteiger charge is 2.31. The number of rotatable bonds is 3. The fourth-order valence-corrected chi connectivity index (χ4v) is 1.68. The number of urea groups is 1. The molecule has 1 unspecified atom stereocenters. The Labute approximate surface area is 97.9 Å². The van der Waals surface area contributed by atoms with Crippen LogP contribution in [0.4, 0.5) is 4.79 Å². The van der Waals surface area contributed by atoms with E-state index in [1.54, 1.807) is 18.2 Å². The van der Waals surface area contributed by atoms with Gasteiger partial charge in [0.2, 0.25) is 0 Å². The van der Waals surface area contributed by atoms with E-state index in [-0.39, 0.29) is 5.91 Å². The lowest BCUT2D eigenvalue weighted by Gasteiger charge is -2.12. The summed E-state index contributed by atoms with van der Waals surface area (Å²) in [5.41, 5.74) is 0.644. The van der Waals surface area contributed by atoms with E-state index in [2.05, 4.69) is 10.6 Å². The number of methoxy groups -OCH3 is 2. The van der Waals surface area contributed by atoms with Crippen molar-refractivity contribution in [3.63, 3.8) is 0 Å². The van der Waals surface area contributed by atoms with E-state index in [9.17, 15) is 9.59 Å². The molecule has 17 heavy (non-hydrogen) atoms. The molecule has 0 spiro atoms. The van der Waals surface area contributed by atoms with Crippen molar-refractivity contribution in [2.24, 2.45) is 0 Å². The van der Waals surface area contributed by atoms with Crippen molar-refractivity contribution in [2.75, 3.05) is 14.2 Å². The molecular formula is C11H12N2O4. The fourth-order valence-electron chi connectivity index (χ4n) is 1.68. The van der Waals surface area contributed by atoms with Gasteiger partial charge in [0.05, 0.1) is 14.2 Å². The Morgan fingerprint density at radius 2 is 1.82 bits per heavy atom. The molecule has 2 rings (SSSR count). The maximum absolute atomic E-state index is 11.5. The Morgan fingerprint density at radius 3 is 2.35 bits per heavy atom. The fraction of sp³-hybridized carbons (Fsp3) is 0.273. The van der Waals surface area contributed by atoms with Gasteiger partial charge in [-0.2, -0.15) is 0 Å². The molecule has 1 aromatic rings. The number of ether oxygens (including phenoxy) is 2. The SMILES string of the molecule is COc1ccc(C2NC(=O)NC2=O)cc1OC. The van der Waals surface area contributed by atoms with Crippen LogP contribution in [-0.4, -0.2) is 26.2 Å². The van der Waals surface area contributed by atoms with Crippen LogP contribution in [0.25, 0.3) is 0 Å². The van der Waals surface area contributed by atoms with E-state index in [1.165, 1.54) is 14.2 Å². The third-order valence-corrected chi connectivity index (χ3v) is 2.52. The van der Waals surface area contributed by atoms with Crippen molar-refractivity contribution < 1.29 is 19.1 Å². The smallest absolute Gasteiger partial charge is 0.322 e. The topological polar surface area (TPSA) is 76.7 Å². The van der Waals surface area contributed by atoms with Crippen LogP contribution in [0.15, 0.2) is 18.2 Å². The number of hydrogen-bond donors (Lipinski definition) is 2. The van der Waals surface area contributed by atoms with Gasteiger partial charge in [-0.1, -0.05) is 6.07 Å². The van der Waals surface area contributed by atoms with E-state index in [1.807, 2.05) is 0 Å². The zero-order valence-electron chi connectivity index (χ0n) is 9.44. The summed E-state index contributed by atoms with van der Waals surface area (Å²) < 4.78 is 10.2. The Kier molecular flexibility index (Phi) is 2.86. The molecule has 1 aliphatic rings. The summed E-state index contributed by atoms with van der Waals surface area (Å²) in [5, 5.41) is 4.68. The van der Waals surface area contributed by atoms with Crippen LogP contribution < -0.4 is 20.1 Å². The zero-order valence-corrected chi connectivity index (χ0v) is 9.44. The molecule has 0 bridgehead atoms. The molecule has 6 nitrogen and oxygen atoms in total. The van der Waals surface area contributed by atoms with Crippen molar-refractivity contribution in [3.8, 4) is 11.5 Å². The first kappa shape index (κ1) is 11.3. The number of carbonyl (C=O) groups excluding carboxylic acids is 2. The van der Waals surface area contributed by atoms with Crippen LogP contribution in [0.3, 0.4) is 0 Å². The predicted octanol–water partition coefficient (Wildman–Crippen LogP) is 0.584. The summed E-state index contributed by atoms with van der Waals surface area (Å²) in [4.78, 5) is 22.5. The van der Waals surface area contributed by atoms with Crippen LogP contribution in [0.1, 0.15) is 11.6 Å². The van der Waals surface area contributed by atoms with E-state index in [0.717, 1.165) is 0 Å². The second-order valence-corrected chi connectivity index (χ2v) is 3.51. The van der Waals surface area contributed by atoms with Gasteiger partial charge in [-0.15, -0.1) is 0 Å². The zero-order chi connectivity index (χ0) is 12.4. The molecule has 2 N–H and O–H groups in total. The van der Waals surface area contributed by atoms with E-state index < -0.39 is 12.1 Å². The highest BCUT2D eigenvalue weighted by Crippen LogP contribution is 2.30. The second kappa shape index (κ2) is 4.32. The first-order valence-corrected chi connectivity index (χ1v) is 4.99. The minimum atomic E-state index is -0.678. The van der Waals surface area contributed by atoms with Crippen LogP contribution in [0, 0.1) is 0 Å². The van der Waals surface area contributed by atoms with Crippen molar-refractivity contribution in [1.82, 2.24) is 10.6 Å². The molecule has 0 aromatic heterocycles. The lowest BCUT2D eigenvalue weighted by Crippen LogP contribution is -2.22. The average Bonchev–Trinajstić information content (AvgIpc) is 2.67. The highest BCUT2D eigenvalue weighted by molar-refractivity contribution is 6.04. The Balaban J connectivity index is 2.33. The highest BCUT2D eigenvalue weighted by atomic mass is 16.5. The Bertz CT molecular complexity index is 473. The lowest BCUT2D eigenvalue weighted by atomic mass is 10.1. The van der Waals surface area contributed by atoms with E-state index in [4.69, 9.17) is 9.47 Å². The molecule has 3 amide bonds. The second-order valence-electron chi connectivity index (χ2n) is 3.51. The number of benzene rings is 1. The monoisotopic (exact) mass is 236 g/mol. The van der Waals surface area contributed by atoms with Crippen molar-refractivity contribution in [3.05, 3.63) is 23.8 Å². The molecule has 0 radical (unpaired) electrons. The summed E-state index contributed by atoms with van der Waals surface area (Å²) >= 11 is 0. The molecule has 1 aliphatic heterocycles. The first-order valence-electron chi connectivity index (χ1n) is 4.99. The summed E-state index contributed by atoms with van der Waals surface area (Å²) in [5.74, 6) is 0.710. The molecule has 1 atom stereocenters. The number of nitrogens with one attached hydrogen (secondary N) is 2. The van der Waals surface area contributed by atoms with Gasteiger partial charge >= 0.3 is 6.03 Å². The van der Waals surface area contributed by atoms with Gasteiger partial charge in [0.1, 0.15) is 6.04 Å².